The van der Waals surface area contributed by atoms with Crippen molar-refractivity contribution in [2.45, 2.75) is 6.67 Å². The van der Waals surface area contributed by atoms with E-state index in [0.29, 0.717) is 0 Å². The maximum atomic E-state index is 12.5. The molecule has 0 unspecified atom stereocenters. The topological polar surface area (TPSA) is 63.6 Å². The number of hydrogen-bond donors (Lipinski definition) is 1. The minimum Gasteiger partial charge on any atom is -0.246 e. The maximum absolute atomic E-state index is 12.5. The normalized spacial score (nSPS) is 11.4. The Morgan fingerprint density at radius 2 is 2.50 bits per heavy atom. The number of hydrogen-bond acceptors (Lipinski definition) is 3. The number of H-pyrrole nitrogens is 1. The average molecular weight is 196 g/mol. The van der Waals surface area contributed by atoms with Gasteiger partial charge in [-0.15, -0.1) is 0 Å². The van der Waals surface area contributed by atoms with E-state index in [1.165, 1.54) is 12.1 Å². The van der Waals surface area contributed by atoms with Crippen molar-refractivity contribution < 1.29 is 5.76 Å². The third-order valence-electron chi connectivity index (χ3n) is 1.68. The highest BCUT2D eigenvalue weighted by molar-refractivity contribution is 5.34. The zero-order chi connectivity index (χ0) is 10.8. The molecule has 0 saturated carbocycles. The van der Waals surface area contributed by atoms with E-state index in [4.69, 9.17) is 1.37 Å². The van der Waals surface area contributed by atoms with Gasteiger partial charge in [-0.1, -0.05) is 12.1 Å². The molecule has 1 heterocycles. The molecule has 5 nitrogen and oxygen atoms in total. The first-order valence-electron chi connectivity index (χ1n) is 4.39. The van der Waals surface area contributed by atoms with Crippen LogP contribution < -0.4 is 5.69 Å². The number of halogens is 1. The van der Waals surface area contributed by atoms with E-state index in [0.717, 1.165) is 4.68 Å². The quantitative estimate of drug-likeness (QED) is 0.757. The molecule has 0 amide bonds. The maximum Gasteiger partial charge on any atom is 0.365 e. The SMILES string of the molecule is [3H]c1c(CF)cccc1-n1nn[nH]c1=O. The third kappa shape index (κ3) is 1.41. The molecule has 72 valence electrons. The molecule has 0 aliphatic heterocycles. The van der Waals surface area contributed by atoms with Crippen molar-refractivity contribution in [3.8, 4) is 5.69 Å². The molecule has 6 heteroatoms. The molecular formula is C8H7FN4O. The summed E-state index contributed by atoms with van der Waals surface area (Å²) < 4.78 is 21.0. The molecule has 2 aromatic rings. The van der Waals surface area contributed by atoms with Crippen molar-refractivity contribution >= 4 is 0 Å². The van der Waals surface area contributed by atoms with Crippen molar-refractivity contribution in [1.29, 1.82) is 0 Å². The van der Waals surface area contributed by atoms with E-state index in [1.807, 2.05) is 0 Å². The summed E-state index contributed by atoms with van der Waals surface area (Å²) >= 11 is 0. The highest BCUT2D eigenvalue weighted by Crippen LogP contribution is 2.08. The smallest absolute Gasteiger partial charge is 0.246 e. The van der Waals surface area contributed by atoms with E-state index in [9.17, 15) is 9.18 Å². The van der Waals surface area contributed by atoms with Gasteiger partial charge in [0.25, 0.3) is 0 Å². The van der Waals surface area contributed by atoms with Crippen LogP contribution in [0, 0.1) is 0 Å². The highest BCUT2D eigenvalue weighted by atomic mass is 19.1. The molecule has 0 radical (unpaired) electrons. The van der Waals surface area contributed by atoms with E-state index >= 15 is 0 Å². The first kappa shape index (κ1) is 7.43. The lowest BCUT2D eigenvalue weighted by Crippen LogP contribution is -2.15. The second-order valence-electron chi connectivity index (χ2n) is 2.61. The van der Waals surface area contributed by atoms with Crippen molar-refractivity contribution in [3.63, 3.8) is 0 Å². The molecule has 0 saturated heterocycles. The monoisotopic (exact) mass is 196 g/mol. The highest BCUT2D eigenvalue weighted by Gasteiger charge is 2.02. The number of aromatic nitrogens is 4. The zero-order valence-electron chi connectivity index (χ0n) is 8.07. The Morgan fingerprint density at radius 3 is 3.14 bits per heavy atom. The van der Waals surface area contributed by atoms with Crippen LogP contribution in [0.2, 0.25) is 0 Å². The van der Waals surface area contributed by atoms with Gasteiger partial charge in [-0.3, -0.25) is 0 Å². The van der Waals surface area contributed by atoms with Gasteiger partial charge in [-0.05, 0) is 28.1 Å². The summed E-state index contributed by atoms with van der Waals surface area (Å²) in [6.45, 7) is -0.751. The van der Waals surface area contributed by atoms with Gasteiger partial charge in [0.15, 0.2) is 0 Å². The van der Waals surface area contributed by atoms with E-state index in [1.54, 1.807) is 6.07 Å². The predicted octanol–water partition coefficient (Wildman–Crippen LogP) is 0.425. The first-order valence-corrected chi connectivity index (χ1v) is 3.89. The van der Waals surface area contributed by atoms with Crippen molar-refractivity contribution in [3.05, 3.63) is 40.3 Å². The number of rotatable bonds is 2. The van der Waals surface area contributed by atoms with E-state index in [-0.39, 0.29) is 17.3 Å². The van der Waals surface area contributed by atoms with Crippen LogP contribution in [0.25, 0.3) is 5.69 Å². The molecule has 14 heavy (non-hydrogen) atoms. The number of benzene rings is 1. The molecule has 1 aromatic carbocycles. The second-order valence-corrected chi connectivity index (χ2v) is 2.61. The fraction of sp³-hybridized carbons (Fsp3) is 0.125. The summed E-state index contributed by atoms with van der Waals surface area (Å²) in [5, 5.41) is 8.87. The van der Waals surface area contributed by atoms with Gasteiger partial charge >= 0.3 is 5.69 Å². The Labute approximate surface area is 79.6 Å². The van der Waals surface area contributed by atoms with Crippen LogP contribution in [0.5, 0.6) is 0 Å². The number of aromatic amines is 1. The van der Waals surface area contributed by atoms with Crippen LogP contribution in [0.4, 0.5) is 4.39 Å². The summed E-state index contributed by atoms with van der Waals surface area (Å²) in [6, 6.07) is 4.49. The summed E-state index contributed by atoms with van der Waals surface area (Å²) in [4.78, 5) is 11.2. The van der Waals surface area contributed by atoms with Gasteiger partial charge < -0.3 is 0 Å². The number of nitrogens with one attached hydrogen (secondary N) is 1. The van der Waals surface area contributed by atoms with Crippen LogP contribution in [0.15, 0.2) is 29.0 Å². The molecular weight excluding hydrogens is 187 g/mol. The number of nitrogens with zero attached hydrogens (tertiary/aromatic N) is 3. The Kier molecular flexibility index (Phi) is 1.81. The fourth-order valence-corrected chi connectivity index (χ4v) is 1.06. The van der Waals surface area contributed by atoms with Crippen molar-refractivity contribution in [1.82, 2.24) is 20.2 Å². The van der Waals surface area contributed by atoms with Crippen LogP contribution >= 0.6 is 0 Å². The summed E-state index contributed by atoms with van der Waals surface area (Å²) in [5.74, 6) is 0. The Hall–Kier alpha value is -1.98. The molecule has 0 aliphatic carbocycles. The average Bonchev–Trinajstić information content (AvgIpc) is 2.65. The van der Waals surface area contributed by atoms with E-state index < -0.39 is 12.4 Å². The summed E-state index contributed by atoms with van der Waals surface area (Å²) in [6.07, 6.45) is 0. The van der Waals surface area contributed by atoms with Gasteiger partial charge in [-0.2, -0.15) is 4.68 Å². The molecule has 1 aromatic heterocycles. The number of alkyl halides is 1. The third-order valence-corrected chi connectivity index (χ3v) is 1.68. The van der Waals surface area contributed by atoms with Gasteiger partial charge in [-0.25, -0.2) is 14.3 Å². The standard InChI is InChI=1S/C8H7FN4O/c9-5-6-2-1-3-7(4-6)13-8(14)10-11-12-13/h1-4H,5H2,(H,10,12,14)/i4T. The lowest BCUT2D eigenvalue weighted by atomic mass is 10.2. The fourth-order valence-electron chi connectivity index (χ4n) is 1.06. The molecule has 2 rings (SSSR count). The number of tetrazole rings is 1. The molecule has 0 fully saturated rings. The first-order chi connectivity index (χ1) is 7.24. The van der Waals surface area contributed by atoms with Crippen LogP contribution in [-0.4, -0.2) is 20.2 Å². The second kappa shape index (κ2) is 3.41. The Bertz CT molecular complexity index is 535. The summed E-state index contributed by atoms with van der Waals surface area (Å²) in [5.41, 5.74) is -0.134. The summed E-state index contributed by atoms with van der Waals surface area (Å²) in [7, 11) is 0. The van der Waals surface area contributed by atoms with Gasteiger partial charge in [0.2, 0.25) is 0 Å². The molecule has 1 N–H and O–H groups in total. The molecule has 0 aliphatic rings. The van der Waals surface area contributed by atoms with Gasteiger partial charge in [0.1, 0.15) is 6.67 Å². The van der Waals surface area contributed by atoms with Crippen LogP contribution in [-0.2, 0) is 6.67 Å². The minimum absolute atomic E-state index is 0.0593. The van der Waals surface area contributed by atoms with Crippen LogP contribution in [0.1, 0.15) is 6.93 Å². The molecule has 0 bridgehead atoms. The van der Waals surface area contributed by atoms with Crippen LogP contribution in [0.3, 0.4) is 0 Å². The van der Waals surface area contributed by atoms with Gasteiger partial charge in [0, 0.05) is 0 Å². The Morgan fingerprint density at radius 1 is 1.64 bits per heavy atom. The van der Waals surface area contributed by atoms with Gasteiger partial charge in [0.05, 0.1) is 7.06 Å². The lowest BCUT2D eigenvalue weighted by Gasteiger charge is -1.99. The Balaban J connectivity index is 2.64. The molecule has 0 atom stereocenters. The van der Waals surface area contributed by atoms with E-state index in [2.05, 4.69) is 15.5 Å². The largest absolute Gasteiger partial charge is 0.365 e. The minimum atomic E-state index is -0.751. The molecule has 0 spiro atoms. The lowest BCUT2D eigenvalue weighted by molar-refractivity contribution is 0.485. The van der Waals surface area contributed by atoms with Crippen molar-refractivity contribution in [2.75, 3.05) is 0 Å². The zero-order valence-corrected chi connectivity index (χ0v) is 7.07. The predicted molar refractivity (Wildman–Crippen MR) is 46.8 cm³/mol. The van der Waals surface area contributed by atoms with Crippen molar-refractivity contribution in [2.24, 2.45) is 0 Å².